The van der Waals surface area contributed by atoms with Crippen LogP contribution in [-0.2, 0) is 4.79 Å². The fourth-order valence-corrected chi connectivity index (χ4v) is 2.63. The number of rotatable bonds is 3. The van der Waals surface area contributed by atoms with E-state index in [-0.39, 0.29) is 5.92 Å². The lowest BCUT2D eigenvalue weighted by atomic mass is 9.90. The van der Waals surface area contributed by atoms with Gasteiger partial charge in [-0.2, -0.15) is 0 Å². The van der Waals surface area contributed by atoms with Crippen molar-refractivity contribution in [1.29, 1.82) is 0 Å². The second-order valence-corrected chi connectivity index (χ2v) is 5.29. The van der Waals surface area contributed by atoms with Crippen molar-refractivity contribution in [2.24, 2.45) is 5.92 Å². The van der Waals surface area contributed by atoms with Gasteiger partial charge in [0.15, 0.2) is 0 Å². The predicted molar refractivity (Wildman–Crippen MR) is 66.2 cm³/mol. The van der Waals surface area contributed by atoms with Gasteiger partial charge in [-0.1, -0.05) is 19.1 Å². The van der Waals surface area contributed by atoms with Gasteiger partial charge in [0.1, 0.15) is 11.5 Å². The highest BCUT2D eigenvalue weighted by molar-refractivity contribution is 5.84. The van der Waals surface area contributed by atoms with Gasteiger partial charge >= 0.3 is 0 Å². The summed E-state index contributed by atoms with van der Waals surface area (Å²) in [6, 6.07) is 8.33. The van der Waals surface area contributed by atoms with Crippen molar-refractivity contribution in [2.45, 2.75) is 44.6 Å². The first-order valence-corrected chi connectivity index (χ1v) is 6.53. The molecule has 2 saturated carbocycles. The van der Waals surface area contributed by atoms with Crippen LogP contribution in [0.2, 0.25) is 0 Å². The number of ketones is 1. The molecule has 90 valence electrons. The van der Waals surface area contributed by atoms with Crippen LogP contribution in [0.3, 0.4) is 0 Å². The Hall–Kier alpha value is -1.31. The third-order valence-electron chi connectivity index (χ3n) is 3.95. The fraction of sp³-hybridized carbons (Fsp3) is 0.533. The van der Waals surface area contributed by atoms with E-state index in [2.05, 4.69) is 19.1 Å². The molecule has 2 aliphatic rings. The third kappa shape index (κ3) is 2.21. The van der Waals surface area contributed by atoms with Crippen molar-refractivity contribution >= 4 is 5.78 Å². The maximum atomic E-state index is 11.6. The Kier molecular flexibility index (Phi) is 2.65. The SMILES string of the molecule is CC1C(=O)CCC1c1ccc(OC2CC2)cc1. The molecule has 2 unspecified atom stereocenters. The van der Waals surface area contributed by atoms with E-state index in [1.54, 1.807) is 0 Å². The summed E-state index contributed by atoms with van der Waals surface area (Å²) < 4.78 is 5.72. The highest BCUT2D eigenvalue weighted by atomic mass is 16.5. The number of hydrogen-bond donors (Lipinski definition) is 0. The molecule has 0 bridgehead atoms. The molecule has 2 heteroatoms. The van der Waals surface area contributed by atoms with E-state index in [1.165, 1.54) is 18.4 Å². The van der Waals surface area contributed by atoms with E-state index in [0.717, 1.165) is 18.6 Å². The van der Waals surface area contributed by atoms with Gasteiger partial charge in [0, 0.05) is 12.3 Å². The maximum absolute atomic E-state index is 11.6. The Bertz CT molecular complexity index is 417. The van der Waals surface area contributed by atoms with E-state index in [0.29, 0.717) is 17.8 Å². The summed E-state index contributed by atoms with van der Waals surface area (Å²) in [5.41, 5.74) is 1.28. The van der Waals surface area contributed by atoms with Crippen LogP contribution in [0.25, 0.3) is 0 Å². The fourth-order valence-electron chi connectivity index (χ4n) is 2.63. The normalized spacial score (nSPS) is 28.4. The van der Waals surface area contributed by atoms with Crippen molar-refractivity contribution in [3.63, 3.8) is 0 Å². The zero-order chi connectivity index (χ0) is 11.8. The lowest BCUT2D eigenvalue weighted by Gasteiger charge is -2.15. The standard InChI is InChI=1S/C15H18O2/c1-10-14(8-9-15(10)16)11-2-4-12(5-3-11)17-13-6-7-13/h2-5,10,13-14H,6-9H2,1H3. The first kappa shape index (κ1) is 10.8. The number of carbonyl (C=O) groups is 1. The first-order chi connectivity index (χ1) is 8.24. The Morgan fingerprint density at radius 1 is 1.12 bits per heavy atom. The minimum atomic E-state index is 0.185. The van der Waals surface area contributed by atoms with Crippen LogP contribution in [0.5, 0.6) is 5.75 Å². The van der Waals surface area contributed by atoms with Crippen molar-refractivity contribution in [2.75, 3.05) is 0 Å². The summed E-state index contributed by atoms with van der Waals surface area (Å²) in [6.07, 6.45) is 4.58. The molecule has 0 saturated heterocycles. The van der Waals surface area contributed by atoms with Crippen molar-refractivity contribution in [3.8, 4) is 5.75 Å². The van der Waals surface area contributed by atoms with Gasteiger partial charge in [-0.3, -0.25) is 4.79 Å². The Labute approximate surface area is 102 Å². The predicted octanol–water partition coefficient (Wildman–Crippen LogP) is 3.31. The summed E-state index contributed by atoms with van der Waals surface area (Å²) >= 11 is 0. The zero-order valence-corrected chi connectivity index (χ0v) is 10.2. The maximum Gasteiger partial charge on any atom is 0.136 e. The quantitative estimate of drug-likeness (QED) is 0.796. The second-order valence-electron chi connectivity index (χ2n) is 5.29. The number of ether oxygens (including phenoxy) is 1. The Morgan fingerprint density at radius 3 is 2.35 bits per heavy atom. The van der Waals surface area contributed by atoms with Gasteiger partial charge in [0.05, 0.1) is 6.10 Å². The average molecular weight is 230 g/mol. The molecular formula is C15H18O2. The Balaban J connectivity index is 1.72. The number of carbonyl (C=O) groups excluding carboxylic acids is 1. The third-order valence-corrected chi connectivity index (χ3v) is 3.95. The molecule has 0 heterocycles. The van der Waals surface area contributed by atoms with Crippen molar-refractivity contribution < 1.29 is 9.53 Å². The van der Waals surface area contributed by atoms with Crippen molar-refractivity contribution in [3.05, 3.63) is 29.8 Å². The molecule has 0 amide bonds. The van der Waals surface area contributed by atoms with Crippen LogP contribution in [0.15, 0.2) is 24.3 Å². The largest absolute Gasteiger partial charge is 0.490 e. The molecule has 0 aromatic heterocycles. The topological polar surface area (TPSA) is 26.3 Å². The lowest BCUT2D eigenvalue weighted by molar-refractivity contribution is -0.120. The van der Waals surface area contributed by atoms with E-state index in [4.69, 9.17) is 4.74 Å². The highest BCUT2D eigenvalue weighted by Gasteiger charge is 2.31. The molecule has 2 nitrogen and oxygen atoms in total. The molecule has 0 aliphatic heterocycles. The smallest absolute Gasteiger partial charge is 0.136 e. The molecule has 1 aromatic rings. The van der Waals surface area contributed by atoms with Crippen LogP contribution in [0, 0.1) is 5.92 Å². The molecule has 2 atom stereocenters. The molecule has 1 aromatic carbocycles. The minimum absolute atomic E-state index is 0.185. The first-order valence-electron chi connectivity index (χ1n) is 6.53. The number of Topliss-reactive ketones (excluding diaryl/α,β-unsaturated/α-hetero) is 1. The summed E-state index contributed by atoms with van der Waals surface area (Å²) in [5, 5.41) is 0. The van der Waals surface area contributed by atoms with Crippen LogP contribution < -0.4 is 4.74 Å². The molecular weight excluding hydrogens is 212 g/mol. The van der Waals surface area contributed by atoms with Crippen LogP contribution in [-0.4, -0.2) is 11.9 Å². The summed E-state index contributed by atoms with van der Waals surface area (Å²) in [5.74, 6) is 1.98. The van der Waals surface area contributed by atoms with Gasteiger partial charge in [0.25, 0.3) is 0 Å². The summed E-state index contributed by atoms with van der Waals surface area (Å²) in [6.45, 7) is 2.05. The molecule has 0 spiro atoms. The van der Waals surface area contributed by atoms with E-state index >= 15 is 0 Å². The van der Waals surface area contributed by atoms with Crippen molar-refractivity contribution in [1.82, 2.24) is 0 Å². The van der Waals surface area contributed by atoms with Crippen LogP contribution in [0.4, 0.5) is 0 Å². The molecule has 0 N–H and O–H groups in total. The molecule has 17 heavy (non-hydrogen) atoms. The second kappa shape index (κ2) is 4.17. The summed E-state index contributed by atoms with van der Waals surface area (Å²) in [4.78, 5) is 11.6. The van der Waals surface area contributed by atoms with E-state index in [9.17, 15) is 4.79 Å². The highest BCUT2D eigenvalue weighted by Crippen LogP contribution is 2.37. The van der Waals surface area contributed by atoms with E-state index < -0.39 is 0 Å². The lowest BCUT2D eigenvalue weighted by Crippen LogP contribution is -2.08. The molecule has 2 aliphatic carbocycles. The van der Waals surface area contributed by atoms with Crippen LogP contribution in [0.1, 0.15) is 44.1 Å². The van der Waals surface area contributed by atoms with Gasteiger partial charge < -0.3 is 4.74 Å². The van der Waals surface area contributed by atoms with Crippen LogP contribution >= 0.6 is 0 Å². The summed E-state index contributed by atoms with van der Waals surface area (Å²) in [7, 11) is 0. The van der Waals surface area contributed by atoms with Gasteiger partial charge in [0.2, 0.25) is 0 Å². The Morgan fingerprint density at radius 2 is 1.82 bits per heavy atom. The van der Waals surface area contributed by atoms with Gasteiger partial charge in [-0.15, -0.1) is 0 Å². The molecule has 0 radical (unpaired) electrons. The molecule has 3 rings (SSSR count). The molecule has 2 fully saturated rings. The zero-order valence-electron chi connectivity index (χ0n) is 10.2. The van der Waals surface area contributed by atoms with E-state index in [1.807, 2.05) is 12.1 Å². The number of benzene rings is 1. The number of hydrogen-bond acceptors (Lipinski definition) is 2. The van der Waals surface area contributed by atoms with Gasteiger partial charge in [-0.25, -0.2) is 0 Å². The monoisotopic (exact) mass is 230 g/mol. The minimum Gasteiger partial charge on any atom is -0.490 e. The van der Waals surface area contributed by atoms with Gasteiger partial charge in [-0.05, 0) is 42.9 Å². The average Bonchev–Trinajstić information content (AvgIpc) is 3.09.